The Morgan fingerprint density at radius 2 is 1.78 bits per heavy atom. The molecule has 4 amide bonds. The molecule has 2 aliphatic rings. The van der Waals surface area contributed by atoms with Crippen molar-refractivity contribution in [2.24, 2.45) is 0 Å². The van der Waals surface area contributed by atoms with Crippen molar-refractivity contribution in [3.05, 3.63) is 57.8 Å². The summed E-state index contributed by atoms with van der Waals surface area (Å²) in [6.45, 7) is 3.00. The van der Waals surface area contributed by atoms with Gasteiger partial charge in [0, 0.05) is 18.0 Å². The highest BCUT2D eigenvalue weighted by Crippen LogP contribution is 2.38. The second-order valence-electron chi connectivity index (χ2n) is 6.79. The Kier molecular flexibility index (Phi) is 4.80. The summed E-state index contributed by atoms with van der Waals surface area (Å²) in [4.78, 5) is 42.8. The van der Waals surface area contributed by atoms with Crippen molar-refractivity contribution in [3.63, 3.8) is 0 Å². The molecule has 0 bridgehead atoms. The van der Waals surface area contributed by atoms with Crippen molar-refractivity contribution in [1.29, 1.82) is 0 Å². The van der Waals surface area contributed by atoms with Gasteiger partial charge < -0.3 is 0 Å². The maximum atomic E-state index is 12.6. The number of hydrogen-bond acceptors (Lipinski definition) is 5. The Hall–Kier alpha value is -2.51. The molecule has 7 heteroatoms. The van der Waals surface area contributed by atoms with Crippen LogP contribution >= 0.6 is 11.3 Å². The third kappa shape index (κ3) is 3.07. The van der Waals surface area contributed by atoms with Gasteiger partial charge in [0.2, 0.25) is 0 Å². The molecule has 1 unspecified atom stereocenters. The van der Waals surface area contributed by atoms with Crippen LogP contribution in [0, 0.1) is 0 Å². The Balaban J connectivity index is 1.64. The first kappa shape index (κ1) is 17.9. The smallest absolute Gasteiger partial charge is 0.274 e. The molecule has 1 saturated heterocycles. The van der Waals surface area contributed by atoms with E-state index >= 15 is 0 Å². The maximum absolute atomic E-state index is 12.6. The van der Waals surface area contributed by atoms with Gasteiger partial charge in [-0.05, 0) is 35.4 Å². The summed E-state index contributed by atoms with van der Waals surface area (Å²) in [5.41, 5.74) is 2.33. The second-order valence-corrected chi connectivity index (χ2v) is 7.79. The first-order chi connectivity index (χ1) is 13.1. The number of hydrogen-bond donors (Lipinski definition) is 0. The summed E-state index contributed by atoms with van der Waals surface area (Å²) in [7, 11) is 0. The number of thiophene rings is 1. The molecule has 0 radical (unpaired) electrons. The number of carbonyl (C=O) groups excluding carboxylic acids is 3. The zero-order chi connectivity index (χ0) is 19.0. The lowest BCUT2D eigenvalue weighted by molar-refractivity contribution is -0.144. The summed E-state index contributed by atoms with van der Waals surface area (Å²) in [6.07, 6.45) is 1.51. The normalized spacial score (nSPS) is 20.5. The summed E-state index contributed by atoms with van der Waals surface area (Å²) in [6, 6.07) is 11.7. The van der Waals surface area contributed by atoms with E-state index in [0.717, 1.165) is 28.3 Å². The van der Waals surface area contributed by atoms with Gasteiger partial charge in [0.1, 0.15) is 0 Å². The number of carbonyl (C=O) groups is 3. The Labute approximate surface area is 162 Å². The van der Waals surface area contributed by atoms with Gasteiger partial charge in [-0.25, -0.2) is 9.69 Å². The molecule has 0 saturated carbocycles. The van der Waals surface area contributed by atoms with Gasteiger partial charge in [-0.2, -0.15) is 0 Å². The number of urea groups is 1. The van der Waals surface area contributed by atoms with Crippen LogP contribution in [0.2, 0.25) is 0 Å². The van der Waals surface area contributed by atoms with Crippen molar-refractivity contribution < 1.29 is 14.4 Å². The van der Waals surface area contributed by atoms with Crippen LogP contribution < -0.4 is 0 Å². The van der Waals surface area contributed by atoms with E-state index in [4.69, 9.17) is 0 Å². The van der Waals surface area contributed by atoms with E-state index in [2.05, 4.69) is 28.5 Å². The van der Waals surface area contributed by atoms with Gasteiger partial charge >= 0.3 is 17.8 Å². The highest BCUT2D eigenvalue weighted by Gasteiger charge is 2.45. The zero-order valence-electron chi connectivity index (χ0n) is 15.1. The summed E-state index contributed by atoms with van der Waals surface area (Å²) < 4.78 is 0. The number of rotatable bonds is 5. The first-order valence-electron chi connectivity index (χ1n) is 9.14. The van der Waals surface area contributed by atoms with Gasteiger partial charge in [-0.3, -0.25) is 19.4 Å². The van der Waals surface area contributed by atoms with E-state index in [1.165, 1.54) is 10.4 Å². The van der Waals surface area contributed by atoms with E-state index in [0.29, 0.717) is 6.42 Å². The molecule has 1 aromatic heterocycles. The van der Waals surface area contributed by atoms with Crippen LogP contribution in [0.1, 0.15) is 35.4 Å². The molecular formula is C20H21N3O3S. The van der Waals surface area contributed by atoms with Crippen molar-refractivity contribution in [3.8, 4) is 0 Å². The lowest BCUT2D eigenvalue weighted by Crippen LogP contribution is -2.46. The molecule has 0 spiro atoms. The first-order valence-corrected chi connectivity index (χ1v) is 10.0. The minimum atomic E-state index is -0.726. The van der Waals surface area contributed by atoms with Crippen molar-refractivity contribution in [1.82, 2.24) is 14.7 Å². The van der Waals surface area contributed by atoms with Crippen LogP contribution in [0.25, 0.3) is 0 Å². The predicted octanol–water partition coefficient (Wildman–Crippen LogP) is 2.85. The SMILES string of the molecule is CCCN1C(=O)C(=O)N(CN2CCc3sccc3C2c2ccccc2)C1=O. The summed E-state index contributed by atoms with van der Waals surface area (Å²) in [5, 5.41) is 2.09. The molecule has 4 rings (SSSR count). The summed E-state index contributed by atoms with van der Waals surface area (Å²) in [5.74, 6) is -1.44. The monoisotopic (exact) mass is 383 g/mol. The molecule has 2 aromatic rings. The third-order valence-corrected chi connectivity index (χ3v) is 6.08. The van der Waals surface area contributed by atoms with Gasteiger partial charge in [0.05, 0.1) is 12.7 Å². The fourth-order valence-electron chi connectivity index (χ4n) is 3.82. The van der Waals surface area contributed by atoms with E-state index in [1.54, 1.807) is 11.3 Å². The Morgan fingerprint density at radius 3 is 2.52 bits per heavy atom. The van der Waals surface area contributed by atoms with Gasteiger partial charge in [0.15, 0.2) is 0 Å². The lowest BCUT2D eigenvalue weighted by atomic mass is 9.94. The average Bonchev–Trinajstić information content (AvgIpc) is 3.24. The molecule has 1 aromatic carbocycles. The Bertz CT molecular complexity index is 880. The Morgan fingerprint density at radius 1 is 1.04 bits per heavy atom. The number of fused-ring (bicyclic) bond motifs is 1. The fraction of sp³-hybridized carbons (Fsp3) is 0.350. The van der Waals surface area contributed by atoms with E-state index in [-0.39, 0.29) is 19.3 Å². The molecule has 6 nitrogen and oxygen atoms in total. The van der Waals surface area contributed by atoms with Gasteiger partial charge in [-0.1, -0.05) is 37.3 Å². The number of benzene rings is 1. The van der Waals surface area contributed by atoms with E-state index in [9.17, 15) is 14.4 Å². The van der Waals surface area contributed by atoms with Crippen molar-refractivity contribution in [2.45, 2.75) is 25.8 Å². The fourth-order valence-corrected chi connectivity index (χ4v) is 4.73. The molecule has 0 N–H and O–H groups in total. The van der Waals surface area contributed by atoms with Gasteiger partial charge in [-0.15, -0.1) is 11.3 Å². The molecule has 0 aliphatic carbocycles. The topological polar surface area (TPSA) is 60.9 Å². The minimum absolute atomic E-state index is 0.0304. The minimum Gasteiger partial charge on any atom is -0.274 e. The highest BCUT2D eigenvalue weighted by molar-refractivity contribution is 7.10. The highest BCUT2D eigenvalue weighted by atomic mass is 32.1. The summed E-state index contributed by atoms with van der Waals surface area (Å²) >= 11 is 1.74. The van der Waals surface area contributed by atoms with Crippen molar-refractivity contribution in [2.75, 3.05) is 19.8 Å². The predicted molar refractivity (Wildman–Crippen MR) is 102 cm³/mol. The number of nitrogens with zero attached hydrogens (tertiary/aromatic N) is 3. The zero-order valence-corrected chi connectivity index (χ0v) is 15.9. The quantitative estimate of drug-likeness (QED) is 0.588. The van der Waals surface area contributed by atoms with Crippen LogP contribution in [0.4, 0.5) is 4.79 Å². The lowest BCUT2D eigenvalue weighted by Gasteiger charge is -2.37. The standard InChI is InChI=1S/C20H21N3O3S/c1-2-10-22-18(24)19(25)23(20(22)26)13-21-11-8-16-15(9-12-27-16)17(21)14-6-4-3-5-7-14/h3-7,9,12,17H,2,8,10-11,13H2,1H3. The largest absolute Gasteiger partial charge is 0.335 e. The van der Waals surface area contributed by atoms with Gasteiger partial charge in [0.25, 0.3) is 0 Å². The average molecular weight is 383 g/mol. The molecular weight excluding hydrogens is 362 g/mol. The number of imide groups is 2. The van der Waals surface area contributed by atoms with Crippen LogP contribution in [0.15, 0.2) is 41.8 Å². The van der Waals surface area contributed by atoms with E-state index in [1.807, 2.05) is 25.1 Å². The van der Waals surface area contributed by atoms with Crippen LogP contribution in [-0.2, 0) is 16.0 Å². The van der Waals surface area contributed by atoms with E-state index < -0.39 is 17.8 Å². The van der Waals surface area contributed by atoms with Crippen LogP contribution in [-0.4, -0.2) is 52.3 Å². The van der Waals surface area contributed by atoms with Crippen LogP contribution in [0.5, 0.6) is 0 Å². The molecule has 2 aliphatic heterocycles. The molecule has 27 heavy (non-hydrogen) atoms. The molecule has 1 atom stereocenters. The second kappa shape index (κ2) is 7.25. The maximum Gasteiger partial charge on any atom is 0.335 e. The molecule has 1 fully saturated rings. The molecule has 140 valence electrons. The third-order valence-electron chi connectivity index (χ3n) is 5.09. The molecule has 3 heterocycles. The number of amides is 4. The van der Waals surface area contributed by atoms with Crippen LogP contribution in [0.3, 0.4) is 0 Å². The van der Waals surface area contributed by atoms with Crippen molar-refractivity contribution >= 4 is 29.2 Å².